The van der Waals surface area contributed by atoms with Gasteiger partial charge in [-0.3, -0.25) is 14.6 Å². The third kappa shape index (κ3) is 10.7. The molecule has 0 aliphatic heterocycles. The van der Waals surface area contributed by atoms with Crippen LogP contribution in [-0.2, 0) is 28.4 Å². The van der Waals surface area contributed by atoms with Crippen LogP contribution in [0.5, 0.6) is 0 Å². The number of ether oxygens (including phenoxy) is 2. The summed E-state index contributed by atoms with van der Waals surface area (Å²) in [5.41, 5.74) is 0. The van der Waals surface area contributed by atoms with E-state index in [1.807, 2.05) is 0 Å². The maximum absolute atomic E-state index is 10.9. The molecule has 0 radical (unpaired) electrons. The number of hydrogen-bond donors (Lipinski definition) is 0. The zero-order chi connectivity index (χ0) is 11.7. The van der Waals surface area contributed by atoms with Crippen LogP contribution in [0.3, 0.4) is 0 Å². The van der Waals surface area contributed by atoms with E-state index in [-0.39, 0.29) is 41.7 Å². The van der Waals surface area contributed by atoms with Gasteiger partial charge in [0, 0.05) is 19.0 Å². The standard InChI is InChI=1S/C7H12O7S.Na/c1-5(8)12-6(3-7(9)11-2)4-15-14-13-10;/h6,10H,3-4H2,1-2H3;/q;+1/p-1. The summed E-state index contributed by atoms with van der Waals surface area (Å²) in [6.45, 7) is 1.21. The Morgan fingerprint density at radius 1 is 1.44 bits per heavy atom. The Bertz CT molecular complexity index is 213. The molecule has 0 N–H and O–H groups in total. The van der Waals surface area contributed by atoms with Crippen LogP contribution >= 0.6 is 12.0 Å². The molecule has 0 rings (SSSR count). The fourth-order valence-electron chi connectivity index (χ4n) is 0.762. The Kier molecular flexibility index (Phi) is 13.5. The second-order valence-corrected chi connectivity index (χ2v) is 3.14. The summed E-state index contributed by atoms with van der Waals surface area (Å²) in [5, 5.41) is 12.6. The Labute approximate surface area is 119 Å². The van der Waals surface area contributed by atoms with E-state index in [1.54, 1.807) is 0 Å². The molecule has 0 aromatic heterocycles. The minimum Gasteiger partial charge on any atom is -0.691 e. The minimum absolute atomic E-state index is 0. The van der Waals surface area contributed by atoms with Gasteiger partial charge in [-0.1, -0.05) is 0 Å². The molecule has 0 bridgehead atoms. The van der Waals surface area contributed by atoms with Crippen molar-refractivity contribution in [2.24, 2.45) is 0 Å². The van der Waals surface area contributed by atoms with E-state index in [2.05, 4.69) is 14.1 Å². The fraction of sp³-hybridized carbons (Fsp3) is 0.714. The zero-order valence-electron chi connectivity index (χ0n) is 9.26. The van der Waals surface area contributed by atoms with Crippen LogP contribution in [0, 0.1) is 0 Å². The van der Waals surface area contributed by atoms with Gasteiger partial charge in [0.1, 0.15) is 6.10 Å². The third-order valence-corrected chi connectivity index (χ3v) is 1.94. The van der Waals surface area contributed by atoms with Crippen LogP contribution in [0.25, 0.3) is 0 Å². The van der Waals surface area contributed by atoms with Crippen molar-refractivity contribution in [3.05, 3.63) is 0 Å². The van der Waals surface area contributed by atoms with Gasteiger partial charge < -0.3 is 14.7 Å². The summed E-state index contributed by atoms with van der Waals surface area (Å²) in [6, 6.07) is 0. The molecule has 16 heavy (non-hydrogen) atoms. The van der Waals surface area contributed by atoms with Crippen molar-refractivity contribution in [2.75, 3.05) is 12.9 Å². The van der Waals surface area contributed by atoms with Crippen molar-refractivity contribution in [1.29, 1.82) is 0 Å². The molecule has 0 amide bonds. The largest absolute Gasteiger partial charge is 1.00 e. The summed E-state index contributed by atoms with van der Waals surface area (Å²) >= 11 is 0.636. The smallest absolute Gasteiger partial charge is 0.691 e. The van der Waals surface area contributed by atoms with Gasteiger partial charge in [0.05, 0.1) is 19.3 Å². The Morgan fingerprint density at radius 2 is 2.06 bits per heavy atom. The molecule has 0 aromatic carbocycles. The zero-order valence-corrected chi connectivity index (χ0v) is 12.1. The fourth-order valence-corrected chi connectivity index (χ4v) is 1.19. The summed E-state index contributed by atoms with van der Waals surface area (Å²) in [6.07, 6.45) is -0.819. The molecule has 0 aliphatic carbocycles. The van der Waals surface area contributed by atoms with Gasteiger partial charge in [0.15, 0.2) is 0 Å². The first-order valence-electron chi connectivity index (χ1n) is 3.92. The molecular weight excluding hydrogens is 251 g/mol. The van der Waals surface area contributed by atoms with E-state index in [4.69, 9.17) is 4.74 Å². The van der Waals surface area contributed by atoms with Crippen LogP contribution in [0.4, 0.5) is 0 Å². The Hall–Kier alpha value is 0.170. The molecule has 9 heteroatoms. The van der Waals surface area contributed by atoms with Crippen molar-refractivity contribution in [3.8, 4) is 0 Å². The van der Waals surface area contributed by atoms with Crippen LogP contribution in [0.1, 0.15) is 13.3 Å². The second-order valence-electron chi connectivity index (χ2n) is 2.43. The molecule has 0 fully saturated rings. The van der Waals surface area contributed by atoms with Gasteiger partial charge in [-0.15, -0.1) is 0 Å². The van der Waals surface area contributed by atoms with Crippen molar-refractivity contribution < 1.29 is 63.2 Å². The first-order valence-corrected chi connectivity index (χ1v) is 4.83. The van der Waals surface area contributed by atoms with Gasteiger partial charge in [-0.2, -0.15) is 4.33 Å². The molecule has 1 atom stereocenters. The number of esters is 2. The first kappa shape index (κ1) is 18.5. The topological polar surface area (TPSA) is 94.1 Å². The molecule has 7 nitrogen and oxygen atoms in total. The average Bonchev–Trinajstić information content (AvgIpc) is 2.17. The maximum Gasteiger partial charge on any atom is 1.00 e. The van der Waals surface area contributed by atoms with Crippen molar-refractivity contribution in [1.82, 2.24) is 0 Å². The van der Waals surface area contributed by atoms with E-state index in [0.29, 0.717) is 12.0 Å². The monoisotopic (exact) mass is 262 g/mol. The molecule has 0 aliphatic rings. The Morgan fingerprint density at radius 3 is 2.50 bits per heavy atom. The summed E-state index contributed by atoms with van der Waals surface area (Å²) in [4.78, 5) is 21.5. The van der Waals surface area contributed by atoms with Crippen LogP contribution < -0.4 is 34.8 Å². The van der Waals surface area contributed by atoms with Gasteiger partial charge in [0.25, 0.3) is 0 Å². The molecule has 0 saturated carbocycles. The van der Waals surface area contributed by atoms with Gasteiger partial charge in [-0.05, 0) is 0 Å². The van der Waals surface area contributed by atoms with Gasteiger partial charge >= 0.3 is 41.5 Å². The van der Waals surface area contributed by atoms with Crippen molar-refractivity contribution in [3.63, 3.8) is 0 Å². The normalized spacial score (nSPS) is 11.2. The summed E-state index contributed by atoms with van der Waals surface area (Å²) in [5.74, 6) is -0.964. The molecule has 0 spiro atoms. The van der Waals surface area contributed by atoms with Gasteiger partial charge in [0.2, 0.25) is 0 Å². The number of methoxy groups -OCH3 is 1. The SMILES string of the molecule is COC(=O)CC(CSOO[O-])OC(C)=O.[Na+]. The van der Waals surface area contributed by atoms with E-state index in [9.17, 15) is 14.8 Å². The predicted octanol–water partition coefficient (Wildman–Crippen LogP) is -3.64. The number of rotatable bonds is 7. The molecule has 0 aromatic rings. The molecule has 0 heterocycles. The molecule has 88 valence electrons. The van der Waals surface area contributed by atoms with Crippen molar-refractivity contribution >= 4 is 24.0 Å². The average molecular weight is 262 g/mol. The first-order chi connectivity index (χ1) is 7.10. The number of hydrogen-bond acceptors (Lipinski definition) is 8. The summed E-state index contributed by atoms with van der Waals surface area (Å²) in [7, 11) is 1.22. The van der Waals surface area contributed by atoms with Crippen LogP contribution in [0.2, 0.25) is 0 Å². The van der Waals surface area contributed by atoms with Crippen molar-refractivity contribution in [2.45, 2.75) is 19.4 Å². The van der Waals surface area contributed by atoms with Crippen LogP contribution in [0.15, 0.2) is 0 Å². The van der Waals surface area contributed by atoms with E-state index in [0.717, 1.165) is 0 Å². The van der Waals surface area contributed by atoms with Gasteiger partial charge in [-0.25, -0.2) is 0 Å². The number of carbonyl (C=O) groups is 2. The third-order valence-electron chi connectivity index (χ3n) is 1.28. The van der Waals surface area contributed by atoms with E-state index < -0.39 is 18.0 Å². The maximum atomic E-state index is 10.9. The Balaban J connectivity index is 0. The second kappa shape index (κ2) is 11.6. The number of carbonyl (C=O) groups excluding carboxylic acids is 2. The minimum atomic E-state index is -0.713. The predicted molar refractivity (Wildman–Crippen MR) is 46.8 cm³/mol. The van der Waals surface area contributed by atoms with E-state index >= 15 is 0 Å². The molecular formula is C7H11NaO7S. The quantitative estimate of drug-likeness (QED) is 0.116. The van der Waals surface area contributed by atoms with E-state index in [1.165, 1.54) is 14.0 Å². The molecule has 1 unspecified atom stereocenters. The molecule has 0 saturated heterocycles. The van der Waals surface area contributed by atoms with Crippen LogP contribution in [-0.4, -0.2) is 30.9 Å². The summed E-state index contributed by atoms with van der Waals surface area (Å²) < 4.78 is 13.1.